The van der Waals surface area contributed by atoms with E-state index in [0.717, 1.165) is 25.7 Å². The van der Waals surface area contributed by atoms with Gasteiger partial charge in [0.05, 0.1) is 5.51 Å². The van der Waals surface area contributed by atoms with Gasteiger partial charge < -0.3 is 9.47 Å². The van der Waals surface area contributed by atoms with E-state index >= 15 is 0 Å². The molecule has 3 heterocycles. The Morgan fingerprint density at radius 2 is 2.27 bits per heavy atom. The van der Waals surface area contributed by atoms with Crippen molar-refractivity contribution < 1.29 is 13.2 Å². The fourth-order valence-electron chi connectivity index (χ4n) is 2.89. The van der Waals surface area contributed by atoms with Crippen LogP contribution in [0.4, 0.5) is 13.2 Å². The number of fused-ring (bicyclic) bond motifs is 1. The lowest BCUT2D eigenvalue weighted by Crippen LogP contribution is -2.31. The van der Waals surface area contributed by atoms with Crippen molar-refractivity contribution in [3.8, 4) is 0 Å². The van der Waals surface area contributed by atoms with Gasteiger partial charge in [-0.2, -0.15) is 13.2 Å². The Morgan fingerprint density at radius 1 is 1.45 bits per heavy atom. The molecule has 0 unspecified atom stereocenters. The highest BCUT2D eigenvalue weighted by Crippen LogP contribution is 2.30. The molecule has 0 aromatic carbocycles. The van der Waals surface area contributed by atoms with Crippen LogP contribution in [0, 0.1) is 5.92 Å². The van der Waals surface area contributed by atoms with Crippen LogP contribution in [0.25, 0.3) is 0 Å². The number of imidazole rings is 1. The van der Waals surface area contributed by atoms with Crippen LogP contribution in [0.1, 0.15) is 22.8 Å². The summed E-state index contributed by atoms with van der Waals surface area (Å²) in [5.74, 6) is 0.898. The number of aryl methyl sites for hydroxylation is 1. The molecule has 1 aliphatic heterocycles. The molecule has 2 aromatic heterocycles. The predicted molar refractivity (Wildman–Crippen MR) is 77.5 cm³/mol. The molecule has 3 rings (SSSR count). The minimum atomic E-state index is -4.36. The van der Waals surface area contributed by atoms with Crippen molar-refractivity contribution in [3.05, 3.63) is 34.3 Å². The van der Waals surface area contributed by atoms with Crippen LogP contribution in [-0.4, -0.2) is 33.0 Å². The summed E-state index contributed by atoms with van der Waals surface area (Å²) < 4.78 is 39.8. The molecule has 120 valence electrons. The van der Waals surface area contributed by atoms with Crippen LogP contribution in [0.5, 0.6) is 0 Å². The first kappa shape index (κ1) is 15.5. The van der Waals surface area contributed by atoms with E-state index < -0.39 is 11.9 Å². The quantitative estimate of drug-likeness (QED) is 0.864. The molecule has 22 heavy (non-hydrogen) atoms. The average Bonchev–Trinajstić information content (AvgIpc) is 3.06. The Bertz CT molecular complexity index is 621. The fourth-order valence-corrected chi connectivity index (χ4v) is 3.57. The summed E-state index contributed by atoms with van der Waals surface area (Å²) in [6.45, 7) is 2.29. The summed E-state index contributed by atoms with van der Waals surface area (Å²) in [6, 6.07) is 0. The smallest absolute Gasteiger partial charge is 0.334 e. The van der Waals surface area contributed by atoms with Gasteiger partial charge in [0.1, 0.15) is 5.82 Å². The SMILES string of the molecule is CN(Cc1cncs1)C[C@@H]1CCc2nc(C(F)(F)F)cn2C1. The molecule has 0 bridgehead atoms. The zero-order valence-electron chi connectivity index (χ0n) is 12.2. The number of hydrogen-bond donors (Lipinski definition) is 0. The first-order chi connectivity index (χ1) is 10.4. The van der Waals surface area contributed by atoms with Crippen LogP contribution in [0.15, 0.2) is 17.9 Å². The lowest BCUT2D eigenvalue weighted by Gasteiger charge is -2.27. The number of rotatable bonds is 4. The van der Waals surface area contributed by atoms with Gasteiger partial charge in [0.15, 0.2) is 5.69 Å². The normalized spacial score (nSPS) is 18.7. The first-order valence-electron chi connectivity index (χ1n) is 7.11. The lowest BCUT2D eigenvalue weighted by molar-refractivity contribution is -0.141. The maximum Gasteiger partial charge on any atom is 0.434 e. The summed E-state index contributed by atoms with van der Waals surface area (Å²) in [6.07, 6.45) is 0.121. The van der Waals surface area contributed by atoms with Gasteiger partial charge in [-0.25, -0.2) is 4.98 Å². The van der Waals surface area contributed by atoms with Gasteiger partial charge in [0.25, 0.3) is 0 Å². The molecule has 1 atom stereocenters. The van der Waals surface area contributed by atoms with Crippen LogP contribution < -0.4 is 0 Å². The molecule has 4 nitrogen and oxygen atoms in total. The standard InChI is InChI=1S/C14H17F3N4S/c1-20(7-11-4-18-9-22-11)5-10-2-3-13-19-12(14(15,16)17)8-21(13)6-10/h4,8-10H,2-3,5-7H2,1H3/t10-/m0/s1. The Kier molecular flexibility index (Phi) is 4.22. The molecule has 0 saturated heterocycles. The van der Waals surface area contributed by atoms with E-state index in [4.69, 9.17) is 0 Å². The Hall–Kier alpha value is -1.41. The molecule has 0 amide bonds. The minimum absolute atomic E-state index is 0.348. The third kappa shape index (κ3) is 3.49. The number of hydrogen-bond acceptors (Lipinski definition) is 4. The zero-order chi connectivity index (χ0) is 15.7. The Balaban J connectivity index is 1.60. The van der Waals surface area contributed by atoms with Crippen LogP contribution in [0.2, 0.25) is 0 Å². The van der Waals surface area contributed by atoms with E-state index in [1.807, 2.05) is 13.2 Å². The van der Waals surface area contributed by atoms with Gasteiger partial charge in [-0.15, -0.1) is 11.3 Å². The molecule has 1 aliphatic rings. The Labute approximate surface area is 130 Å². The summed E-state index contributed by atoms with van der Waals surface area (Å²) in [4.78, 5) is 11.2. The summed E-state index contributed by atoms with van der Waals surface area (Å²) in [5, 5.41) is 0. The van der Waals surface area contributed by atoms with Crippen molar-refractivity contribution in [3.63, 3.8) is 0 Å². The molecular formula is C14H17F3N4S. The zero-order valence-corrected chi connectivity index (χ0v) is 13.0. The monoisotopic (exact) mass is 330 g/mol. The third-order valence-electron chi connectivity index (χ3n) is 3.86. The van der Waals surface area contributed by atoms with Crippen molar-refractivity contribution >= 4 is 11.3 Å². The molecule has 0 aliphatic carbocycles. The second-order valence-corrected chi connectivity index (χ2v) is 6.73. The second-order valence-electron chi connectivity index (χ2n) is 5.76. The number of nitrogens with zero attached hydrogens (tertiary/aromatic N) is 4. The number of alkyl halides is 3. The lowest BCUT2D eigenvalue weighted by atomic mass is 9.99. The van der Waals surface area contributed by atoms with Crippen molar-refractivity contribution in [2.45, 2.75) is 32.1 Å². The summed E-state index contributed by atoms with van der Waals surface area (Å²) in [5.41, 5.74) is 1.03. The van der Waals surface area contributed by atoms with E-state index in [0.29, 0.717) is 24.7 Å². The largest absolute Gasteiger partial charge is 0.434 e. The minimum Gasteiger partial charge on any atom is -0.334 e. The van der Waals surface area contributed by atoms with Gasteiger partial charge >= 0.3 is 6.18 Å². The third-order valence-corrected chi connectivity index (χ3v) is 4.62. The van der Waals surface area contributed by atoms with Gasteiger partial charge in [0.2, 0.25) is 0 Å². The van der Waals surface area contributed by atoms with Crippen molar-refractivity contribution in [1.82, 2.24) is 19.4 Å². The molecule has 0 radical (unpaired) electrons. The van der Waals surface area contributed by atoms with Gasteiger partial charge in [-0.3, -0.25) is 4.98 Å². The fraction of sp³-hybridized carbons (Fsp3) is 0.571. The van der Waals surface area contributed by atoms with Crippen molar-refractivity contribution in [2.24, 2.45) is 5.92 Å². The van der Waals surface area contributed by atoms with Crippen LogP contribution in [0.3, 0.4) is 0 Å². The molecule has 0 N–H and O–H groups in total. The molecule has 8 heteroatoms. The number of aromatic nitrogens is 3. The van der Waals surface area contributed by atoms with Gasteiger partial charge in [0, 0.05) is 43.3 Å². The van der Waals surface area contributed by atoms with Crippen molar-refractivity contribution in [2.75, 3.05) is 13.6 Å². The number of thiazole rings is 1. The van der Waals surface area contributed by atoms with Gasteiger partial charge in [-0.1, -0.05) is 0 Å². The van der Waals surface area contributed by atoms with E-state index in [2.05, 4.69) is 14.9 Å². The highest BCUT2D eigenvalue weighted by Gasteiger charge is 2.35. The molecule has 0 fully saturated rings. The van der Waals surface area contributed by atoms with E-state index in [9.17, 15) is 13.2 Å². The van der Waals surface area contributed by atoms with Crippen LogP contribution in [-0.2, 0) is 25.7 Å². The maximum atomic E-state index is 12.7. The maximum absolute atomic E-state index is 12.7. The van der Waals surface area contributed by atoms with E-state index in [1.54, 1.807) is 21.4 Å². The first-order valence-corrected chi connectivity index (χ1v) is 7.99. The molecular weight excluding hydrogens is 313 g/mol. The van der Waals surface area contributed by atoms with E-state index in [-0.39, 0.29) is 0 Å². The summed E-state index contributed by atoms with van der Waals surface area (Å²) >= 11 is 1.61. The van der Waals surface area contributed by atoms with Gasteiger partial charge in [-0.05, 0) is 19.4 Å². The van der Waals surface area contributed by atoms with E-state index in [1.165, 1.54) is 4.88 Å². The molecule has 0 saturated carbocycles. The Morgan fingerprint density at radius 3 is 2.95 bits per heavy atom. The van der Waals surface area contributed by atoms with Crippen LogP contribution >= 0.6 is 11.3 Å². The average molecular weight is 330 g/mol. The highest BCUT2D eigenvalue weighted by molar-refractivity contribution is 7.09. The highest BCUT2D eigenvalue weighted by atomic mass is 32.1. The second kappa shape index (κ2) is 6.00. The topological polar surface area (TPSA) is 34.0 Å². The number of halogens is 3. The predicted octanol–water partition coefficient (Wildman–Crippen LogP) is 3.05. The molecule has 2 aromatic rings. The van der Waals surface area contributed by atoms with Crippen molar-refractivity contribution in [1.29, 1.82) is 0 Å². The molecule has 0 spiro atoms. The summed E-state index contributed by atoms with van der Waals surface area (Å²) in [7, 11) is 2.03.